The first-order valence-electron chi connectivity index (χ1n) is 6.38. The molecule has 2 aromatic rings. The van der Waals surface area contributed by atoms with Crippen molar-refractivity contribution in [3.05, 3.63) is 17.5 Å². The number of hydrogen-bond acceptors (Lipinski definition) is 5. The first-order chi connectivity index (χ1) is 9.08. The first-order valence-corrected chi connectivity index (χ1v) is 6.76. The van der Waals surface area contributed by atoms with E-state index >= 15 is 0 Å². The van der Waals surface area contributed by atoms with Crippen molar-refractivity contribution in [1.82, 2.24) is 24.5 Å². The van der Waals surface area contributed by atoms with Crippen molar-refractivity contribution in [2.75, 3.05) is 25.5 Å². The lowest BCUT2D eigenvalue weighted by Gasteiger charge is -2.20. The Bertz CT molecular complexity index is 538. The third-order valence-corrected chi connectivity index (χ3v) is 3.29. The van der Waals surface area contributed by atoms with Crippen LogP contribution in [0.2, 0.25) is 5.15 Å². The zero-order valence-electron chi connectivity index (χ0n) is 11.5. The topological polar surface area (TPSA) is 58.3 Å². The van der Waals surface area contributed by atoms with E-state index in [0.29, 0.717) is 17.0 Å². The average Bonchev–Trinajstić information content (AvgIpc) is 2.81. The van der Waals surface area contributed by atoms with Crippen LogP contribution in [-0.2, 0) is 0 Å². The minimum Gasteiger partial charge on any atom is -0.370 e. The van der Waals surface area contributed by atoms with Gasteiger partial charge >= 0.3 is 0 Å². The molecule has 0 radical (unpaired) electrons. The number of aromatic nitrogens is 4. The van der Waals surface area contributed by atoms with Gasteiger partial charge < -0.3 is 10.2 Å². The molecule has 6 nitrogen and oxygen atoms in total. The normalized spacial score (nSPS) is 11.7. The molecular formula is C12H19ClN6. The molecule has 0 aliphatic carbocycles. The second-order valence-corrected chi connectivity index (χ2v) is 5.18. The second kappa shape index (κ2) is 6.16. The third kappa shape index (κ3) is 3.54. The van der Waals surface area contributed by atoms with Crippen LogP contribution in [0.5, 0.6) is 0 Å². The van der Waals surface area contributed by atoms with Gasteiger partial charge in [0.1, 0.15) is 17.3 Å². The fraction of sp³-hybridized carbons (Fsp3) is 0.583. The minimum atomic E-state index is 0.419. The Balaban J connectivity index is 1.93. The van der Waals surface area contributed by atoms with E-state index in [1.807, 2.05) is 0 Å². The maximum Gasteiger partial charge on any atom is 0.255 e. The summed E-state index contributed by atoms with van der Waals surface area (Å²) >= 11 is 5.95. The van der Waals surface area contributed by atoms with Gasteiger partial charge in [0.05, 0.1) is 0 Å². The van der Waals surface area contributed by atoms with Crippen LogP contribution in [0, 0.1) is 0 Å². The largest absolute Gasteiger partial charge is 0.370 e. The lowest BCUT2D eigenvalue weighted by molar-refractivity contribution is 0.273. The summed E-state index contributed by atoms with van der Waals surface area (Å²) in [7, 11) is 2.13. The van der Waals surface area contributed by atoms with Gasteiger partial charge in [0.15, 0.2) is 0 Å². The van der Waals surface area contributed by atoms with Gasteiger partial charge in [-0.2, -0.15) is 19.6 Å². The van der Waals surface area contributed by atoms with E-state index in [9.17, 15) is 0 Å². The van der Waals surface area contributed by atoms with E-state index in [1.54, 1.807) is 10.6 Å². The SMILES string of the molecule is CC(C)N(C)CCCNc1cc(Cl)nc2ncnn12. The highest BCUT2D eigenvalue weighted by molar-refractivity contribution is 6.29. The summed E-state index contributed by atoms with van der Waals surface area (Å²) in [6, 6.07) is 2.33. The standard InChI is InChI=1S/C12H19ClN6/c1-9(2)18(3)6-4-5-14-11-7-10(13)17-12-15-8-16-19(11)12/h7-9,14H,4-6H2,1-3H3. The Hall–Kier alpha value is -1.40. The number of nitrogens with one attached hydrogen (secondary N) is 1. The van der Waals surface area contributed by atoms with Crippen molar-refractivity contribution in [3.8, 4) is 0 Å². The van der Waals surface area contributed by atoms with Crippen molar-refractivity contribution in [2.24, 2.45) is 0 Å². The van der Waals surface area contributed by atoms with Crippen molar-refractivity contribution in [3.63, 3.8) is 0 Å². The van der Waals surface area contributed by atoms with Gasteiger partial charge in [0, 0.05) is 18.7 Å². The van der Waals surface area contributed by atoms with Gasteiger partial charge in [-0.05, 0) is 33.9 Å². The Morgan fingerprint density at radius 1 is 1.47 bits per heavy atom. The molecule has 1 N–H and O–H groups in total. The molecule has 0 bridgehead atoms. The van der Waals surface area contributed by atoms with Crippen molar-refractivity contribution >= 4 is 23.2 Å². The van der Waals surface area contributed by atoms with Gasteiger partial charge in [-0.15, -0.1) is 0 Å². The molecule has 0 atom stereocenters. The number of halogens is 1. The van der Waals surface area contributed by atoms with E-state index in [2.05, 4.69) is 46.2 Å². The number of anilines is 1. The van der Waals surface area contributed by atoms with Gasteiger partial charge in [0.2, 0.25) is 0 Å². The molecule has 0 unspecified atom stereocenters. The summed E-state index contributed by atoms with van der Waals surface area (Å²) in [5.41, 5.74) is 0. The zero-order chi connectivity index (χ0) is 13.8. The Labute approximate surface area is 117 Å². The highest BCUT2D eigenvalue weighted by Gasteiger charge is 2.06. The maximum atomic E-state index is 5.95. The number of fused-ring (bicyclic) bond motifs is 1. The van der Waals surface area contributed by atoms with Crippen LogP contribution in [0.1, 0.15) is 20.3 Å². The predicted octanol–water partition coefficient (Wildman–Crippen LogP) is 1.92. The lowest BCUT2D eigenvalue weighted by Crippen LogP contribution is -2.28. The van der Waals surface area contributed by atoms with Gasteiger partial charge in [-0.3, -0.25) is 0 Å². The highest BCUT2D eigenvalue weighted by Crippen LogP contribution is 2.14. The molecule has 2 aromatic heterocycles. The van der Waals surface area contributed by atoms with Gasteiger partial charge in [-0.1, -0.05) is 11.6 Å². The van der Waals surface area contributed by atoms with E-state index in [-0.39, 0.29) is 0 Å². The molecule has 104 valence electrons. The third-order valence-electron chi connectivity index (χ3n) is 3.10. The first kappa shape index (κ1) is 14.0. The lowest BCUT2D eigenvalue weighted by atomic mass is 10.3. The van der Waals surface area contributed by atoms with E-state index < -0.39 is 0 Å². The number of rotatable bonds is 6. The fourth-order valence-corrected chi connectivity index (χ4v) is 1.89. The van der Waals surface area contributed by atoms with Crippen LogP contribution in [0.15, 0.2) is 12.4 Å². The molecule has 0 fully saturated rings. The number of nitrogens with zero attached hydrogens (tertiary/aromatic N) is 5. The van der Waals surface area contributed by atoms with Crippen LogP contribution in [0.3, 0.4) is 0 Å². The van der Waals surface area contributed by atoms with Crippen molar-refractivity contribution in [1.29, 1.82) is 0 Å². The Kier molecular flexibility index (Phi) is 4.55. The minimum absolute atomic E-state index is 0.419. The van der Waals surface area contributed by atoms with Crippen LogP contribution in [-0.4, -0.2) is 50.7 Å². The average molecular weight is 283 g/mol. The summed E-state index contributed by atoms with van der Waals surface area (Å²) < 4.78 is 1.65. The van der Waals surface area contributed by atoms with Crippen molar-refractivity contribution in [2.45, 2.75) is 26.3 Å². The Morgan fingerprint density at radius 2 is 2.26 bits per heavy atom. The highest BCUT2D eigenvalue weighted by atomic mass is 35.5. The van der Waals surface area contributed by atoms with Crippen LogP contribution < -0.4 is 5.32 Å². The molecule has 0 aromatic carbocycles. The summed E-state index contributed by atoms with van der Waals surface area (Å²) in [6.07, 6.45) is 2.52. The molecule has 7 heteroatoms. The molecule has 0 aliphatic heterocycles. The molecule has 2 heterocycles. The smallest absolute Gasteiger partial charge is 0.255 e. The maximum absolute atomic E-state index is 5.95. The van der Waals surface area contributed by atoms with E-state index in [0.717, 1.165) is 25.3 Å². The monoisotopic (exact) mass is 282 g/mol. The molecule has 0 amide bonds. The van der Waals surface area contributed by atoms with Crippen LogP contribution in [0.4, 0.5) is 5.82 Å². The predicted molar refractivity (Wildman–Crippen MR) is 76.7 cm³/mol. The van der Waals surface area contributed by atoms with E-state index in [1.165, 1.54) is 6.33 Å². The summed E-state index contributed by atoms with van der Waals surface area (Å²) in [4.78, 5) is 10.4. The molecule has 19 heavy (non-hydrogen) atoms. The Morgan fingerprint density at radius 3 is 3.00 bits per heavy atom. The molecule has 0 spiro atoms. The molecular weight excluding hydrogens is 264 g/mol. The second-order valence-electron chi connectivity index (χ2n) is 4.79. The van der Waals surface area contributed by atoms with Crippen molar-refractivity contribution < 1.29 is 0 Å². The van der Waals surface area contributed by atoms with Crippen LogP contribution >= 0.6 is 11.6 Å². The fourth-order valence-electron chi connectivity index (χ4n) is 1.71. The quantitative estimate of drug-likeness (QED) is 0.648. The molecule has 2 rings (SSSR count). The van der Waals surface area contributed by atoms with Crippen LogP contribution in [0.25, 0.3) is 5.78 Å². The molecule has 0 saturated carbocycles. The molecule has 0 saturated heterocycles. The van der Waals surface area contributed by atoms with E-state index in [4.69, 9.17) is 11.6 Å². The number of hydrogen-bond donors (Lipinski definition) is 1. The summed E-state index contributed by atoms with van der Waals surface area (Å²) in [5.74, 6) is 1.33. The molecule has 0 aliphatic rings. The summed E-state index contributed by atoms with van der Waals surface area (Å²) in [5, 5.41) is 7.85. The van der Waals surface area contributed by atoms with Gasteiger partial charge in [0.25, 0.3) is 5.78 Å². The zero-order valence-corrected chi connectivity index (χ0v) is 12.2. The van der Waals surface area contributed by atoms with Gasteiger partial charge in [-0.25, -0.2) is 0 Å². The summed E-state index contributed by atoms with van der Waals surface area (Å²) in [6.45, 7) is 6.28.